The topological polar surface area (TPSA) is 29.9 Å². The molecule has 0 aliphatic rings. The van der Waals surface area contributed by atoms with Crippen molar-refractivity contribution >= 4 is 17.3 Å². The Labute approximate surface area is 97.9 Å². The van der Waals surface area contributed by atoms with E-state index in [-0.39, 0.29) is 5.02 Å². The first kappa shape index (κ1) is 11.0. The number of imidazole rings is 1. The second-order valence-corrected chi connectivity index (χ2v) is 3.84. The van der Waals surface area contributed by atoms with Crippen LogP contribution in [0.15, 0.2) is 30.6 Å². The Morgan fingerprint density at radius 2 is 2.31 bits per heavy atom. The third-order valence-electron chi connectivity index (χ3n) is 2.29. The van der Waals surface area contributed by atoms with E-state index in [1.165, 1.54) is 6.07 Å². The molecule has 1 N–H and O–H groups in total. The normalized spacial score (nSPS) is 10.4. The number of benzene rings is 1. The molecule has 0 saturated heterocycles. The van der Waals surface area contributed by atoms with Crippen LogP contribution in [-0.4, -0.2) is 9.55 Å². The van der Waals surface area contributed by atoms with Crippen LogP contribution in [0.25, 0.3) is 0 Å². The van der Waals surface area contributed by atoms with Crippen LogP contribution in [0.1, 0.15) is 5.82 Å². The van der Waals surface area contributed by atoms with E-state index in [9.17, 15) is 4.39 Å². The third kappa shape index (κ3) is 2.33. The lowest BCUT2D eigenvalue weighted by Crippen LogP contribution is -2.05. The van der Waals surface area contributed by atoms with Gasteiger partial charge in [-0.05, 0) is 18.2 Å². The number of hydrogen-bond acceptors (Lipinski definition) is 2. The monoisotopic (exact) mass is 239 g/mol. The summed E-state index contributed by atoms with van der Waals surface area (Å²) >= 11 is 5.67. The van der Waals surface area contributed by atoms with Crippen molar-refractivity contribution in [1.82, 2.24) is 9.55 Å². The minimum atomic E-state index is -0.413. The highest BCUT2D eigenvalue weighted by Crippen LogP contribution is 2.19. The summed E-state index contributed by atoms with van der Waals surface area (Å²) in [5.41, 5.74) is 0.773. The van der Waals surface area contributed by atoms with E-state index < -0.39 is 5.82 Å². The Bertz CT molecular complexity index is 496. The van der Waals surface area contributed by atoms with E-state index in [0.717, 1.165) is 11.5 Å². The van der Waals surface area contributed by atoms with Gasteiger partial charge in [-0.3, -0.25) is 0 Å². The van der Waals surface area contributed by atoms with Gasteiger partial charge in [-0.2, -0.15) is 0 Å². The number of nitrogens with one attached hydrogen (secondary N) is 1. The van der Waals surface area contributed by atoms with Gasteiger partial charge in [0, 0.05) is 25.1 Å². The summed E-state index contributed by atoms with van der Waals surface area (Å²) in [5, 5.41) is 3.24. The molecule has 3 nitrogen and oxygen atoms in total. The Balaban J connectivity index is 2.05. The molecule has 1 aromatic carbocycles. The molecule has 0 radical (unpaired) electrons. The number of aromatic nitrogens is 2. The van der Waals surface area contributed by atoms with Gasteiger partial charge in [0.2, 0.25) is 0 Å². The highest BCUT2D eigenvalue weighted by Gasteiger charge is 2.02. The van der Waals surface area contributed by atoms with E-state index in [1.54, 1.807) is 18.3 Å². The van der Waals surface area contributed by atoms with Crippen LogP contribution in [0.5, 0.6) is 0 Å². The molecule has 0 saturated carbocycles. The minimum absolute atomic E-state index is 0.116. The summed E-state index contributed by atoms with van der Waals surface area (Å²) < 4.78 is 14.8. The van der Waals surface area contributed by atoms with Crippen LogP contribution in [0.4, 0.5) is 10.1 Å². The molecule has 2 rings (SSSR count). The quantitative estimate of drug-likeness (QED) is 0.893. The second-order valence-electron chi connectivity index (χ2n) is 3.44. The number of aryl methyl sites for hydroxylation is 1. The zero-order valence-corrected chi connectivity index (χ0v) is 9.50. The van der Waals surface area contributed by atoms with Crippen molar-refractivity contribution in [1.29, 1.82) is 0 Å². The summed E-state index contributed by atoms with van der Waals surface area (Å²) in [6.07, 6.45) is 3.60. The van der Waals surface area contributed by atoms with Crippen molar-refractivity contribution in [3.63, 3.8) is 0 Å². The summed E-state index contributed by atoms with van der Waals surface area (Å²) in [6.45, 7) is 0.575. The van der Waals surface area contributed by atoms with E-state index in [4.69, 9.17) is 11.6 Å². The Morgan fingerprint density at radius 1 is 1.50 bits per heavy atom. The highest BCUT2D eigenvalue weighted by molar-refractivity contribution is 6.31. The van der Waals surface area contributed by atoms with Gasteiger partial charge in [0.1, 0.15) is 11.6 Å². The van der Waals surface area contributed by atoms with Crippen LogP contribution in [0.3, 0.4) is 0 Å². The maximum atomic E-state index is 12.9. The van der Waals surface area contributed by atoms with Gasteiger partial charge in [-0.1, -0.05) is 11.6 Å². The molecule has 1 heterocycles. The third-order valence-corrected chi connectivity index (χ3v) is 2.58. The molecule has 0 unspecified atom stereocenters. The highest BCUT2D eigenvalue weighted by atomic mass is 35.5. The molecule has 0 atom stereocenters. The van der Waals surface area contributed by atoms with Gasteiger partial charge in [-0.15, -0.1) is 0 Å². The van der Waals surface area contributed by atoms with E-state index >= 15 is 0 Å². The van der Waals surface area contributed by atoms with Gasteiger partial charge in [-0.25, -0.2) is 9.37 Å². The van der Waals surface area contributed by atoms with Crippen LogP contribution in [0.2, 0.25) is 5.02 Å². The van der Waals surface area contributed by atoms with Crippen molar-refractivity contribution in [2.75, 3.05) is 5.32 Å². The smallest absolute Gasteiger partial charge is 0.141 e. The van der Waals surface area contributed by atoms with Crippen molar-refractivity contribution in [2.45, 2.75) is 6.54 Å². The van der Waals surface area contributed by atoms with Gasteiger partial charge in [0.05, 0.1) is 11.6 Å². The summed E-state index contributed by atoms with van der Waals surface area (Å²) in [4.78, 5) is 4.16. The molecule has 0 spiro atoms. The fourth-order valence-corrected chi connectivity index (χ4v) is 1.53. The molecule has 84 valence electrons. The molecule has 2 aromatic rings. The molecule has 0 amide bonds. The second kappa shape index (κ2) is 4.53. The predicted molar refractivity (Wildman–Crippen MR) is 61.9 cm³/mol. The van der Waals surface area contributed by atoms with Crippen molar-refractivity contribution in [2.24, 2.45) is 7.05 Å². The average Bonchev–Trinajstić information content (AvgIpc) is 2.66. The summed E-state index contributed by atoms with van der Waals surface area (Å²) in [6, 6.07) is 4.53. The zero-order valence-electron chi connectivity index (χ0n) is 8.74. The van der Waals surface area contributed by atoms with Crippen molar-refractivity contribution < 1.29 is 4.39 Å². The number of nitrogens with zero attached hydrogens (tertiary/aromatic N) is 2. The summed E-state index contributed by atoms with van der Waals surface area (Å²) in [5.74, 6) is 0.490. The lowest BCUT2D eigenvalue weighted by molar-refractivity contribution is 0.628. The molecule has 0 fully saturated rings. The Morgan fingerprint density at radius 3 is 2.94 bits per heavy atom. The molecular formula is C11H11ClFN3. The van der Waals surface area contributed by atoms with E-state index in [1.807, 2.05) is 17.8 Å². The molecule has 5 heteroatoms. The number of anilines is 1. The molecule has 16 heavy (non-hydrogen) atoms. The Hall–Kier alpha value is -1.55. The van der Waals surface area contributed by atoms with Gasteiger partial charge in [0.15, 0.2) is 0 Å². The molecule has 1 aromatic heterocycles. The zero-order chi connectivity index (χ0) is 11.5. The first-order valence-corrected chi connectivity index (χ1v) is 5.20. The molecule has 0 aliphatic carbocycles. The fraction of sp³-hybridized carbons (Fsp3) is 0.182. The molecule has 0 aliphatic heterocycles. The van der Waals surface area contributed by atoms with Gasteiger partial charge < -0.3 is 9.88 Å². The van der Waals surface area contributed by atoms with Crippen molar-refractivity contribution in [3.05, 3.63) is 47.3 Å². The van der Waals surface area contributed by atoms with Gasteiger partial charge in [0.25, 0.3) is 0 Å². The number of rotatable bonds is 3. The number of halogens is 2. The van der Waals surface area contributed by atoms with Gasteiger partial charge >= 0.3 is 0 Å². The predicted octanol–water partition coefficient (Wildman–Crippen LogP) is 2.82. The lowest BCUT2D eigenvalue weighted by atomic mass is 10.3. The fourth-order valence-electron chi connectivity index (χ4n) is 1.35. The van der Waals surface area contributed by atoms with E-state index in [0.29, 0.717) is 6.54 Å². The van der Waals surface area contributed by atoms with Crippen LogP contribution < -0.4 is 5.32 Å². The minimum Gasteiger partial charge on any atom is -0.378 e. The maximum absolute atomic E-state index is 12.9. The SMILES string of the molecule is Cn1ccnc1CNc1ccc(F)c(Cl)c1. The van der Waals surface area contributed by atoms with Crippen molar-refractivity contribution in [3.8, 4) is 0 Å². The summed E-state index contributed by atoms with van der Waals surface area (Å²) in [7, 11) is 1.92. The largest absolute Gasteiger partial charge is 0.378 e. The van der Waals surface area contributed by atoms with Crippen LogP contribution in [-0.2, 0) is 13.6 Å². The average molecular weight is 240 g/mol. The van der Waals surface area contributed by atoms with E-state index in [2.05, 4.69) is 10.3 Å². The lowest BCUT2D eigenvalue weighted by Gasteiger charge is -2.06. The molecule has 0 bridgehead atoms. The number of hydrogen-bond donors (Lipinski definition) is 1. The van der Waals surface area contributed by atoms with Crippen LogP contribution >= 0.6 is 11.6 Å². The maximum Gasteiger partial charge on any atom is 0.141 e. The first-order valence-electron chi connectivity index (χ1n) is 4.82. The first-order chi connectivity index (χ1) is 7.66. The van der Waals surface area contributed by atoms with Crippen LogP contribution in [0, 0.1) is 5.82 Å². The standard InChI is InChI=1S/C11H11ClFN3/c1-16-5-4-14-11(16)7-15-8-2-3-10(13)9(12)6-8/h2-6,15H,7H2,1H3. The molecular weight excluding hydrogens is 229 g/mol. The Kier molecular flexibility index (Phi) is 3.10.